The van der Waals surface area contributed by atoms with Crippen molar-refractivity contribution in [1.82, 2.24) is 5.32 Å². The number of nitrogens with one attached hydrogen (secondary N) is 3. The monoisotopic (exact) mass is 449 g/mol. The van der Waals surface area contributed by atoms with Crippen LogP contribution in [0.2, 0.25) is 0 Å². The van der Waals surface area contributed by atoms with Gasteiger partial charge in [-0.25, -0.2) is 0 Å². The quantitative estimate of drug-likeness (QED) is 0.389. The molecule has 7 heteroatoms. The van der Waals surface area contributed by atoms with Gasteiger partial charge < -0.3 is 25.4 Å². The molecule has 32 heavy (non-hydrogen) atoms. The lowest BCUT2D eigenvalue weighted by Crippen LogP contribution is -2.28. The lowest BCUT2D eigenvalue weighted by molar-refractivity contribution is 0.102. The number of ether oxygens (including phenoxy) is 2. The van der Waals surface area contributed by atoms with Crippen LogP contribution in [0.3, 0.4) is 0 Å². The smallest absolute Gasteiger partial charge is 0.255 e. The Morgan fingerprint density at radius 1 is 0.812 bits per heavy atom. The molecule has 6 nitrogen and oxygen atoms in total. The van der Waals surface area contributed by atoms with E-state index < -0.39 is 0 Å². The van der Waals surface area contributed by atoms with Crippen molar-refractivity contribution in [3.8, 4) is 11.5 Å². The molecule has 0 unspecified atom stereocenters. The summed E-state index contributed by atoms with van der Waals surface area (Å²) in [6, 6.07) is 22.5. The van der Waals surface area contributed by atoms with Crippen molar-refractivity contribution in [3.63, 3.8) is 0 Å². The van der Waals surface area contributed by atoms with Gasteiger partial charge in [0.1, 0.15) is 11.5 Å². The van der Waals surface area contributed by atoms with E-state index >= 15 is 0 Å². The van der Waals surface area contributed by atoms with Gasteiger partial charge in [-0.2, -0.15) is 0 Å². The molecule has 0 aliphatic carbocycles. The highest BCUT2D eigenvalue weighted by atomic mass is 32.1. The van der Waals surface area contributed by atoms with Gasteiger partial charge in [0.15, 0.2) is 5.11 Å². The number of hydrogen-bond donors (Lipinski definition) is 3. The number of thiocarbonyl (C=S) groups is 1. The Labute approximate surface area is 193 Å². The van der Waals surface area contributed by atoms with Crippen molar-refractivity contribution in [2.24, 2.45) is 0 Å². The van der Waals surface area contributed by atoms with E-state index in [9.17, 15) is 4.79 Å². The molecule has 0 saturated carbocycles. The molecule has 0 atom stereocenters. The molecule has 3 aromatic carbocycles. The summed E-state index contributed by atoms with van der Waals surface area (Å²) >= 11 is 5.47. The lowest BCUT2D eigenvalue weighted by Gasteiger charge is -2.19. The van der Waals surface area contributed by atoms with Crippen molar-refractivity contribution < 1.29 is 14.3 Å². The zero-order valence-electron chi connectivity index (χ0n) is 18.2. The van der Waals surface area contributed by atoms with E-state index in [0.717, 1.165) is 5.56 Å². The molecule has 0 aliphatic rings. The molecule has 3 rings (SSSR count). The van der Waals surface area contributed by atoms with Crippen LogP contribution < -0.4 is 25.4 Å². The second kappa shape index (κ2) is 11.7. The standard InChI is InChI=1S/C25H27N3O3S/c1-3-30-22-16-21(28-25(32)26-17-18-11-7-5-8-12-18)23(31-4-2)15-20(22)27-24(29)19-13-9-6-10-14-19/h5-16H,3-4,17H2,1-2H3,(H,27,29)(H2,26,28,32). The van der Waals surface area contributed by atoms with Crippen molar-refractivity contribution in [2.45, 2.75) is 20.4 Å². The maximum Gasteiger partial charge on any atom is 0.255 e. The first-order chi connectivity index (χ1) is 15.6. The van der Waals surface area contributed by atoms with Gasteiger partial charge >= 0.3 is 0 Å². The fraction of sp³-hybridized carbons (Fsp3) is 0.200. The fourth-order valence-corrected chi connectivity index (χ4v) is 3.22. The molecule has 0 fully saturated rings. The molecular formula is C25H27N3O3S. The zero-order valence-corrected chi connectivity index (χ0v) is 19.0. The van der Waals surface area contributed by atoms with Crippen LogP contribution in [0.25, 0.3) is 0 Å². The molecule has 0 heterocycles. The van der Waals surface area contributed by atoms with Crippen molar-refractivity contribution in [3.05, 3.63) is 83.9 Å². The van der Waals surface area contributed by atoms with Crippen LogP contribution in [0.15, 0.2) is 72.8 Å². The largest absolute Gasteiger partial charge is 0.492 e. The number of benzene rings is 3. The Hall–Kier alpha value is -3.58. The molecule has 0 aromatic heterocycles. The minimum atomic E-state index is -0.227. The fourth-order valence-electron chi connectivity index (χ4n) is 3.03. The third kappa shape index (κ3) is 6.46. The molecule has 0 saturated heterocycles. The average Bonchev–Trinajstić information content (AvgIpc) is 2.82. The summed E-state index contributed by atoms with van der Waals surface area (Å²) in [5, 5.41) is 9.74. The Kier molecular flexibility index (Phi) is 8.45. The summed E-state index contributed by atoms with van der Waals surface area (Å²) in [6.45, 7) is 5.28. The number of rotatable bonds is 9. The number of carbonyl (C=O) groups is 1. The van der Waals surface area contributed by atoms with Crippen LogP contribution in [0.1, 0.15) is 29.8 Å². The molecular weight excluding hydrogens is 422 g/mol. The normalized spacial score (nSPS) is 10.2. The van der Waals surface area contributed by atoms with Gasteiger partial charge in [0.25, 0.3) is 5.91 Å². The van der Waals surface area contributed by atoms with E-state index in [-0.39, 0.29) is 5.91 Å². The highest BCUT2D eigenvalue weighted by molar-refractivity contribution is 7.80. The molecule has 0 aliphatic heterocycles. The summed E-state index contributed by atoms with van der Waals surface area (Å²) < 4.78 is 11.6. The summed E-state index contributed by atoms with van der Waals surface area (Å²) in [5.41, 5.74) is 2.86. The first-order valence-electron chi connectivity index (χ1n) is 10.5. The Balaban J connectivity index is 1.80. The van der Waals surface area contributed by atoms with Crippen LogP contribution in [0.5, 0.6) is 11.5 Å². The topological polar surface area (TPSA) is 71.6 Å². The van der Waals surface area contributed by atoms with Gasteiger partial charge in [-0.15, -0.1) is 0 Å². The summed E-state index contributed by atoms with van der Waals surface area (Å²) in [6.07, 6.45) is 0. The first kappa shape index (κ1) is 23.1. The van der Waals surface area contributed by atoms with Crippen molar-refractivity contribution >= 4 is 34.6 Å². The SMILES string of the molecule is CCOc1cc(NC(=S)NCc2ccccc2)c(OCC)cc1NC(=O)c1ccccc1. The number of carbonyl (C=O) groups excluding carboxylic acids is 1. The van der Waals surface area contributed by atoms with E-state index in [1.54, 1.807) is 24.3 Å². The van der Waals surface area contributed by atoms with E-state index in [0.29, 0.717) is 53.3 Å². The number of hydrogen-bond acceptors (Lipinski definition) is 4. The minimum absolute atomic E-state index is 0.227. The van der Waals surface area contributed by atoms with E-state index in [4.69, 9.17) is 21.7 Å². The second-order valence-electron chi connectivity index (χ2n) is 6.82. The van der Waals surface area contributed by atoms with Crippen LogP contribution in [-0.4, -0.2) is 24.2 Å². The van der Waals surface area contributed by atoms with Crippen LogP contribution in [0, 0.1) is 0 Å². The third-order valence-corrected chi connectivity index (χ3v) is 4.76. The molecule has 3 aromatic rings. The summed E-state index contributed by atoms with van der Waals surface area (Å²) in [5.74, 6) is 0.853. The molecule has 3 N–H and O–H groups in total. The van der Waals surface area contributed by atoms with E-state index in [2.05, 4.69) is 16.0 Å². The maximum absolute atomic E-state index is 12.7. The van der Waals surface area contributed by atoms with Gasteiger partial charge in [0.05, 0.1) is 24.6 Å². The second-order valence-corrected chi connectivity index (χ2v) is 7.23. The number of anilines is 2. The number of amides is 1. The van der Waals surface area contributed by atoms with Gasteiger partial charge in [-0.1, -0.05) is 48.5 Å². The predicted octanol–water partition coefficient (Wildman–Crippen LogP) is 5.22. The highest BCUT2D eigenvalue weighted by Crippen LogP contribution is 2.37. The zero-order chi connectivity index (χ0) is 22.8. The predicted molar refractivity (Wildman–Crippen MR) is 133 cm³/mol. The Bertz CT molecular complexity index is 1040. The Morgan fingerprint density at radius 3 is 1.91 bits per heavy atom. The van der Waals surface area contributed by atoms with Gasteiger partial charge in [-0.05, 0) is 43.8 Å². The van der Waals surface area contributed by atoms with Crippen LogP contribution >= 0.6 is 12.2 Å². The van der Waals surface area contributed by atoms with Gasteiger partial charge in [-0.3, -0.25) is 4.79 Å². The molecule has 0 bridgehead atoms. The minimum Gasteiger partial charge on any atom is -0.492 e. The Morgan fingerprint density at radius 2 is 1.34 bits per heavy atom. The summed E-state index contributed by atoms with van der Waals surface area (Å²) in [4.78, 5) is 12.7. The van der Waals surface area contributed by atoms with Gasteiger partial charge in [0.2, 0.25) is 0 Å². The van der Waals surface area contributed by atoms with E-state index in [1.165, 1.54) is 0 Å². The molecule has 1 amide bonds. The third-order valence-electron chi connectivity index (χ3n) is 4.51. The average molecular weight is 450 g/mol. The van der Waals surface area contributed by atoms with Crippen molar-refractivity contribution in [2.75, 3.05) is 23.8 Å². The highest BCUT2D eigenvalue weighted by Gasteiger charge is 2.16. The molecule has 166 valence electrons. The van der Waals surface area contributed by atoms with Crippen molar-refractivity contribution in [1.29, 1.82) is 0 Å². The first-order valence-corrected chi connectivity index (χ1v) is 10.9. The van der Waals surface area contributed by atoms with Crippen LogP contribution in [-0.2, 0) is 6.54 Å². The van der Waals surface area contributed by atoms with E-state index in [1.807, 2.05) is 62.4 Å². The lowest BCUT2D eigenvalue weighted by atomic mass is 10.2. The molecule has 0 radical (unpaired) electrons. The maximum atomic E-state index is 12.7. The molecule has 0 spiro atoms. The van der Waals surface area contributed by atoms with Crippen LogP contribution in [0.4, 0.5) is 11.4 Å². The van der Waals surface area contributed by atoms with Gasteiger partial charge in [0, 0.05) is 24.2 Å². The summed E-state index contributed by atoms with van der Waals surface area (Å²) in [7, 11) is 0.